The molecule has 2 rings (SSSR count). The van der Waals surface area contributed by atoms with Crippen molar-refractivity contribution < 1.29 is 14.3 Å². The van der Waals surface area contributed by atoms with Crippen LogP contribution in [-0.2, 0) is 14.3 Å². The molecule has 16 heavy (non-hydrogen) atoms. The molecule has 2 saturated heterocycles. The lowest BCUT2D eigenvalue weighted by Crippen LogP contribution is -2.34. The molecular weight excluding hydrogens is 208 g/mol. The third kappa shape index (κ3) is 2.52. The summed E-state index contributed by atoms with van der Waals surface area (Å²) in [5.41, 5.74) is 5.22. The molecule has 1 atom stereocenters. The molecule has 90 valence electrons. The molecule has 1 unspecified atom stereocenters. The van der Waals surface area contributed by atoms with Gasteiger partial charge in [-0.2, -0.15) is 0 Å². The summed E-state index contributed by atoms with van der Waals surface area (Å²) in [6, 6.07) is 0. The first-order valence-electron chi connectivity index (χ1n) is 5.81. The van der Waals surface area contributed by atoms with Crippen molar-refractivity contribution >= 4 is 11.8 Å². The van der Waals surface area contributed by atoms with Crippen LogP contribution in [-0.4, -0.2) is 43.0 Å². The van der Waals surface area contributed by atoms with E-state index in [1.165, 1.54) is 0 Å². The zero-order chi connectivity index (χ0) is 11.5. The zero-order valence-electron chi connectivity index (χ0n) is 9.35. The van der Waals surface area contributed by atoms with Crippen LogP contribution in [0.4, 0.5) is 0 Å². The third-order valence-electron chi connectivity index (χ3n) is 3.44. The van der Waals surface area contributed by atoms with Gasteiger partial charge in [0.05, 0.1) is 5.92 Å². The summed E-state index contributed by atoms with van der Waals surface area (Å²) in [5.74, 6) is -0.0604. The van der Waals surface area contributed by atoms with Gasteiger partial charge in [0.15, 0.2) is 0 Å². The van der Waals surface area contributed by atoms with E-state index in [0.717, 1.165) is 32.6 Å². The number of nitrogens with two attached hydrogens (primary N) is 1. The summed E-state index contributed by atoms with van der Waals surface area (Å²) in [4.78, 5) is 24.4. The summed E-state index contributed by atoms with van der Waals surface area (Å²) < 4.78 is 5.27. The Balaban J connectivity index is 1.85. The van der Waals surface area contributed by atoms with Crippen molar-refractivity contribution in [2.45, 2.75) is 19.3 Å². The zero-order valence-corrected chi connectivity index (χ0v) is 9.35. The van der Waals surface area contributed by atoms with E-state index in [-0.39, 0.29) is 17.7 Å². The van der Waals surface area contributed by atoms with Crippen LogP contribution >= 0.6 is 0 Å². The van der Waals surface area contributed by atoms with Crippen molar-refractivity contribution in [3.8, 4) is 0 Å². The van der Waals surface area contributed by atoms with Crippen molar-refractivity contribution in [3.05, 3.63) is 0 Å². The maximum absolute atomic E-state index is 11.6. The molecule has 0 bridgehead atoms. The average Bonchev–Trinajstić information content (AvgIpc) is 2.62. The van der Waals surface area contributed by atoms with Gasteiger partial charge in [-0.1, -0.05) is 0 Å². The molecule has 0 aromatic heterocycles. The first-order chi connectivity index (χ1) is 7.66. The van der Waals surface area contributed by atoms with Crippen LogP contribution in [0.1, 0.15) is 19.3 Å². The minimum atomic E-state index is -0.358. The highest BCUT2D eigenvalue weighted by molar-refractivity contribution is 5.88. The molecule has 0 aromatic carbocycles. The lowest BCUT2D eigenvalue weighted by Gasteiger charge is -2.27. The van der Waals surface area contributed by atoms with E-state index in [2.05, 4.69) is 0 Å². The number of carbonyl (C=O) groups is 2. The number of hydrogen-bond donors (Lipinski definition) is 1. The highest BCUT2D eigenvalue weighted by Gasteiger charge is 2.34. The number of primary amides is 1. The van der Waals surface area contributed by atoms with Crippen molar-refractivity contribution in [2.24, 2.45) is 17.6 Å². The Morgan fingerprint density at radius 1 is 1.44 bits per heavy atom. The second-order valence-corrected chi connectivity index (χ2v) is 4.66. The Bertz CT molecular complexity index is 287. The lowest BCUT2D eigenvalue weighted by molar-refractivity contribution is -0.129. The van der Waals surface area contributed by atoms with Crippen molar-refractivity contribution in [2.75, 3.05) is 26.3 Å². The van der Waals surface area contributed by atoms with Gasteiger partial charge in [0.1, 0.15) is 0 Å². The Hall–Kier alpha value is -1.10. The van der Waals surface area contributed by atoms with Crippen LogP contribution in [0.3, 0.4) is 0 Å². The summed E-state index contributed by atoms with van der Waals surface area (Å²) >= 11 is 0. The second kappa shape index (κ2) is 4.82. The summed E-state index contributed by atoms with van der Waals surface area (Å²) in [6.07, 6.45) is 2.30. The summed E-state index contributed by atoms with van der Waals surface area (Å²) in [6.45, 7) is 2.83. The number of amides is 2. The van der Waals surface area contributed by atoms with Gasteiger partial charge in [0, 0.05) is 32.7 Å². The van der Waals surface area contributed by atoms with Crippen LogP contribution in [0.2, 0.25) is 0 Å². The molecule has 2 aliphatic heterocycles. The Morgan fingerprint density at radius 3 is 2.69 bits per heavy atom. The maximum atomic E-state index is 11.6. The lowest BCUT2D eigenvalue weighted by atomic mass is 10.00. The predicted molar refractivity (Wildman–Crippen MR) is 57.4 cm³/mol. The molecule has 5 nitrogen and oxygen atoms in total. The minimum absolute atomic E-state index is 0.0651. The highest BCUT2D eigenvalue weighted by Crippen LogP contribution is 2.22. The molecule has 5 heteroatoms. The first kappa shape index (κ1) is 11.4. The Labute approximate surface area is 94.9 Å². The third-order valence-corrected chi connectivity index (χ3v) is 3.44. The fourth-order valence-electron chi connectivity index (χ4n) is 2.38. The normalized spacial score (nSPS) is 27.4. The van der Waals surface area contributed by atoms with Crippen molar-refractivity contribution in [1.82, 2.24) is 4.90 Å². The first-order valence-corrected chi connectivity index (χ1v) is 5.81. The van der Waals surface area contributed by atoms with Gasteiger partial charge in [0.2, 0.25) is 11.8 Å². The summed E-state index contributed by atoms with van der Waals surface area (Å²) in [5, 5.41) is 0. The van der Waals surface area contributed by atoms with Gasteiger partial charge in [-0.15, -0.1) is 0 Å². The van der Waals surface area contributed by atoms with Gasteiger partial charge in [-0.3, -0.25) is 9.59 Å². The fourth-order valence-corrected chi connectivity index (χ4v) is 2.38. The molecule has 0 aliphatic carbocycles. The van der Waals surface area contributed by atoms with E-state index in [1.807, 2.05) is 0 Å². The Kier molecular flexibility index (Phi) is 3.43. The smallest absolute Gasteiger partial charge is 0.223 e. The average molecular weight is 226 g/mol. The van der Waals surface area contributed by atoms with Crippen LogP contribution in [0.5, 0.6) is 0 Å². The molecule has 0 spiro atoms. The predicted octanol–water partition coefficient (Wildman–Crippen LogP) is -0.253. The molecule has 0 aromatic rings. The molecule has 2 amide bonds. The molecule has 2 heterocycles. The quantitative estimate of drug-likeness (QED) is 0.721. The van der Waals surface area contributed by atoms with Crippen LogP contribution in [0.15, 0.2) is 0 Å². The van der Waals surface area contributed by atoms with E-state index in [0.29, 0.717) is 18.9 Å². The number of hydrogen-bond acceptors (Lipinski definition) is 3. The van der Waals surface area contributed by atoms with Gasteiger partial charge < -0.3 is 15.4 Å². The second-order valence-electron chi connectivity index (χ2n) is 4.66. The van der Waals surface area contributed by atoms with Gasteiger partial charge in [-0.05, 0) is 18.8 Å². The SMILES string of the molecule is NC(=O)C1CC(=O)N(CC2CCOCC2)C1. The molecule has 2 aliphatic rings. The number of carbonyl (C=O) groups excluding carboxylic acids is 2. The maximum Gasteiger partial charge on any atom is 0.223 e. The van der Waals surface area contributed by atoms with Gasteiger partial charge in [-0.25, -0.2) is 0 Å². The van der Waals surface area contributed by atoms with Crippen molar-refractivity contribution in [3.63, 3.8) is 0 Å². The standard InChI is InChI=1S/C11H18N2O3/c12-11(15)9-5-10(14)13(7-9)6-8-1-3-16-4-2-8/h8-9H,1-7H2,(H2,12,15). The number of ether oxygens (including phenoxy) is 1. The fraction of sp³-hybridized carbons (Fsp3) is 0.818. The van der Waals surface area contributed by atoms with Gasteiger partial charge in [0.25, 0.3) is 0 Å². The van der Waals surface area contributed by atoms with Gasteiger partial charge >= 0.3 is 0 Å². The van der Waals surface area contributed by atoms with Crippen LogP contribution in [0, 0.1) is 11.8 Å². The number of rotatable bonds is 3. The molecule has 0 radical (unpaired) electrons. The van der Waals surface area contributed by atoms with E-state index in [4.69, 9.17) is 10.5 Å². The Morgan fingerprint density at radius 2 is 2.12 bits per heavy atom. The molecular formula is C11H18N2O3. The number of nitrogens with zero attached hydrogens (tertiary/aromatic N) is 1. The summed E-state index contributed by atoms with van der Waals surface area (Å²) in [7, 11) is 0. The monoisotopic (exact) mass is 226 g/mol. The van der Waals surface area contributed by atoms with Crippen molar-refractivity contribution in [1.29, 1.82) is 0 Å². The largest absolute Gasteiger partial charge is 0.381 e. The number of likely N-dealkylation sites (tertiary alicyclic amines) is 1. The van der Waals surface area contributed by atoms with E-state index >= 15 is 0 Å². The van der Waals surface area contributed by atoms with E-state index < -0.39 is 0 Å². The highest BCUT2D eigenvalue weighted by atomic mass is 16.5. The van der Waals surface area contributed by atoms with Crippen LogP contribution in [0.25, 0.3) is 0 Å². The topological polar surface area (TPSA) is 72.6 Å². The minimum Gasteiger partial charge on any atom is -0.381 e. The molecule has 2 fully saturated rings. The van der Waals surface area contributed by atoms with E-state index in [9.17, 15) is 9.59 Å². The molecule has 2 N–H and O–H groups in total. The molecule has 0 saturated carbocycles. The van der Waals surface area contributed by atoms with Crippen LogP contribution < -0.4 is 5.73 Å². The van der Waals surface area contributed by atoms with E-state index in [1.54, 1.807) is 4.90 Å².